The summed E-state index contributed by atoms with van der Waals surface area (Å²) in [5, 5.41) is 1.43. The number of hydrogen-bond donors (Lipinski definition) is 0. The number of ether oxygens (including phenoxy) is 1. The molecule has 2 aliphatic rings. The molecular formula is C31H25ClN2O3. The zero-order chi connectivity index (χ0) is 25.5. The number of pyridine rings is 1. The van der Waals surface area contributed by atoms with E-state index in [1.807, 2.05) is 79.7 Å². The van der Waals surface area contributed by atoms with Crippen molar-refractivity contribution in [2.24, 2.45) is 0 Å². The lowest BCUT2D eigenvalue weighted by Gasteiger charge is -2.22. The SMILES string of the molecule is C[C@H]1Cc2ccccc2N1C(=O)COC(=O)c1c2c(nc3ccccc13)/C(=C\c1ccc(Cl)cc1)CC2. The summed E-state index contributed by atoms with van der Waals surface area (Å²) in [6.45, 7) is 1.70. The Labute approximate surface area is 220 Å². The maximum absolute atomic E-state index is 13.5. The van der Waals surface area contributed by atoms with Crippen molar-refractivity contribution in [2.45, 2.75) is 32.2 Å². The summed E-state index contributed by atoms with van der Waals surface area (Å²) in [5.74, 6) is -0.708. The van der Waals surface area contributed by atoms with Crippen LogP contribution in [0, 0.1) is 0 Å². The number of benzene rings is 3. The molecule has 2 heterocycles. The lowest BCUT2D eigenvalue weighted by atomic mass is 10.0. The van der Waals surface area contributed by atoms with Crippen LogP contribution in [0.5, 0.6) is 0 Å². The van der Waals surface area contributed by atoms with Gasteiger partial charge in [0.1, 0.15) is 0 Å². The van der Waals surface area contributed by atoms with Gasteiger partial charge in [-0.25, -0.2) is 9.78 Å². The molecule has 37 heavy (non-hydrogen) atoms. The van der Waals surface area contributed by atoms with Crippen molar-refractivity contribution in [2.75, 3.05) is 11.5 Å². The highest BCUT2D eigenvalue weighted by Gasteiger charge is 2.32. The minimum atomic E-state index is -0.490. The molecule has 0 bridgehead atoms. The molecule has 3 aromatic carbocycles. The maximum atomic E-state index is 13.5. The Kier molecular flexibility index (Phi) is 6.01. The third-order valence-corrected chi connectivity index (χ3v) is 7.41. The molecule has 0 saturated carbocycles. The number of esters is 1. The van der Waals surface area contributed by atoms with Crippen molar-refractivity contribution < 1.29 is 14.3 Å². The quantitative estimate of drug-likeness (QED) is 0.295. The minimum absolute atomic E-state index is 0.0233. The number of aromatic nitrogens is 1. The van der Waals surface area contributed by atoms with Crippen LogP contribution in [0.3, 0.4) is 0 Å². The smallest absolute Gasteiger partial charge is 0.339 e. The molecule has 0 radical (unpaired) electrons. The van der Waals surface area contributed by atoms with Crippen LogP contribution >= 0.6 is 11.6 Å². The summed E-state index contributed by atoms with van der Waals surface area (Å²) in [5.41, 5.74) is 7.03. The van der Waals surface area contributed by atoms with E-state index in [2.05, 4.69) is 6.08 Å². The lowest BCUT2D eigenvalue weighted by Crippen LogP contribution is -2.38. The monoisotopic (exact) mass is 508 g/mol. The first-order chi connectivity index (χ1) is 18.0. The van der Waals surface area contributed by atoms with Crippen LogP contribution in [-0.2, 0) is 22.4 Å². The molecule has 0 saturated heterocycles. The van der Waals surface area contributed by atoms with E-state index in [-0.39, 0.29) is 18.6 Å². The van der Waals surface area contributed by atoms with Crippen LogP contribution in [0.1, 0.15) is 46.1 Å². The Morgan fingerprint density at radius 1 is 1.03 bits per heavy atom. The predicted molar refractivity (Wildman–Crippen MR) is 147 cm³/mol. The zero-order valence-electron chi connectivity index (χ0n) is 20.4. The Hall–Kier alpha value is -3.96. The molecule has 0 unspecified atom stereocenters. The number of amides is 1. The van der Waals surface area contributed by atoms with Gasteiger partial charge in [-0.1, -0.05) is 60.1 Å². The first kappa shape index (κ1) is 23.4. The first-order valence-corrected chi connectivity index (χ1v) is 12.8. The number of carbonyl (C=O) groups is 2. The molecule has 1 aromatic heterocycles. The number of para-hydroxylation sites is 2. The fourth-order valence-electron chi connectivity index (χ4n) is 5.49. The number of halogens is 1. The molecule has 0 fully saturated rings. The normalized spacial score (nSPS) is 17.2. The maximum Gasteiger partial charge on any atom is 0.339 e. The molecule has 4 aromatic rings. The number of anilines is 1. The number of hydrogen-bond acceptors (Lipinski definition) is 4. The highest BCUT2D eigenvalue weighted by Crippen LogP contribution is 2.38. The van der Waals surface area contributed by atoms with Crippen molar-refractivity contribution in [1.82, 2.24) is 4.98 Å². The van der Waals surface area contributed by atoms with Crippen molar-refractivity contribution in [3.05, 3.63) is 106 Å². The molecule has 1 aliphatic heterocycles. The van der Waals surface area contributed by atoms with Crippen molar-refractivity contribution in [3.63, 3.8) is 0 Å². The van der Waals surface area contributed by atoms with E-state index >= 15 is 0 Å². The molecule has 5 nitrogen and oxygen atoms in total. The van der Waals surface area contributed by atoms with E-state index in [9.17, 15) is 9.59 Å². The summed E-state index contributed by atoms with van der Waals surface area (Å²) in [6.07, 6.45) is 4.33. The number of carbonyl (C=O) groups excluding carboxylic acids is 2. The van der Waals surface area contributed by atoms with Gasteiger partial charge in [-0.2, -0.15) is 0 Å². The second-order valence-electron chi connectivity index (χ2n) is 9.57. The molecule has 1 atom stereocenters. The topological polar surface area (TPSA) is 59.5 Å². The van der Waals surface area contributed by atoms with Crippen LogP contribution in [0.25, 0.3) is 22.6 Å². The largest absolute Gasteiger partial charge is 0.452 e. The van der Waals surface area contributed by atoms with Gasteiger partial charge in [-0.15, -0.1) is 0 Å². The van der Waals surface area contributed by atoms with Gasteiger partial charge in [0.05, 0.1) is 16.8 Å². The molecule has 0 spiro atoms. The zero-order valence-corrected chi connectivity index (χ0v) is 21.2. The van der Waals surface area contributed by atoms with E-state index in [1.165, 1.54) is 0 Å². The molecule has 1 amide bonds. The Bertz CT molecular complexity index is 1580. The molecule has 1 aliphatic carbocycles. The summed E-state index contributed by atoms with van der Waals surface area (Å²) in [7, 11) is 0. The summed E-state index contributed by atoms with van der Waals surface area (Å²) in [4.78, 5) is 33.3. The fraction of sp³-hybridized carbons (Fsp3) is 0.194. The molecular weight excluding hydrogens is 484 g/mol. The van der Waals surface area contributed by atoms with Crippen LogP contribution in [-0.4, -0.2) is 29.5 Å². The van der Waals surface area contributed by atoms with Crippen molar-refractivity contribution >= 4 is 51.7 Å². The number of allylic oxidation sites excluding steroid dienone is 1. The van der Waals surface area contributed by atoms with Gasteiger partial charge in [-0.3, -0.25) is 4.79 Å². The van der Waals surface area contributed by atoms with E-state index < -0.39 is 5.97 Å². The van der Waals surface area contributed by atoms with E-state index in [0.717, 1.165) is 57.4 Å². The third kappa shape index (κ3) is 4.30. The van der Waals surface area contributed by atoms with Gasteiger partial charge in [-0.05, 0) is 78.8 Å². The summed E-state index contributed by atoms with van der Waals surface area (Å²) >= 11 is 6.05. The lowest BCUT2D eigenvalue weighted by molar-refractivity contribution is -0.122. The highest BCUT2D eigenvalue weighted by molar-refractivity contribution is 6.30. The average Bonchev–Trinajstić information content (AvgIpc) is 3.46. The summed E-state index contributed by atoms with van der Waals surface area (Å²) in [6, 6.07) is 23.1. The van der Waals surface area contributed by atoms with Crippen molar-refractivity contribution in [3.8, 4) is 0 Å². The van der Waals surface area contributed by atoms with Crippen molar-refractivity contribution in [1.29, 1.82) is 0 Å². The van der Waals surface area contributed by atoms with E-state index in [0.29, 0.717) is 17.0 Å². The van der Waals surface area contributed by atoms with E-state index in [1.54, 1.807) is 4.90 Å². The number of fused-ring (bicyclic) bond motifs is 3. The number of rotatable bonds is 4. The second kappa shape index (κ2) is 9.49. The van der Waals surface area contributed by atoms with E-state index in [4.69, 9.17) is 21.3 Å². The Morgan fingerprint density at radius 2 is 1.78 bits per heavy atom. The van der Waals surface area contributed by atoms with Gasteiger partial charge in [0, 0.05) is 22.1 Å². The predicted octanol–water partition coefficient (Wildman–Crippen LogP) is 6.51. The van der Waals surface area contributed by atoms with Gasteiger partial charge < -0.3 is 9.64 Å². The Morgan fingerprint density at radius 3 is 2.62 bits per heavy atom. The van der Waals surface area contributed by atoms with Crippen LogP contribution < -0.4 is 4.90 Å². The second-order valence-corrected chi connectivity index (χ2v) is 10.0. The van der Waals surface area contributed by atoms with Gasteiger partial charge >= 0.3 is 5.97 Å². The van der Waals surface area contributed by atoms with Gasteiger partial charge in [0.2, 0.25) is 0 Å². The van der Waals surface area contributed by atoms with Crippen LogP contribution in [0.15, 0.2) is 72.8 Å². The first-order valence-electron chi connectivity index (χ1n) is 12.4. The number of nitrogens with zero attached hydrogens (tertiary/aromatic N) is 2. The molecule has 0 N–H and O–H groups in total. The Balaban J connectivity index is 1.31. The molecule has 6 heteroatoms. The summed E-state index contributed by atoms with van der Waals surface area (Å²) < 4.78 is 5.67. The van der Waals surface area contributed by atoms with Gasteiger partial charge in [0.15, 0.2) is 6.61 Å². The standard InChI is InChI=1S/C31H25ClN2O3/c1-19-16-21-6-2-5-9-27(21)34(19)28(35)18-37-31(36)29-24-7-3-4-8-26(24)33-30-22(12-15-25(29)30)17-20-10-13-23(32)14-11-20/h2-11,13-14,17,19H,12,15-16,18H2,1H3/b22-17-/t19-/m0/s1. The molecule has 184 valence electrons. The molecule has 6 rings (SSSR count). The van der Waals surface area contributed by atoms with Crippen LogP contribution in [0.2, 0.25) is 5.02 Å². The minimum Gasteiger partial charge on any atom is -0.452 e. The average molecular weight is 509 g/mol. The van der Waals surface area contributed by atoms with Crippen LogP contribution in [0.4, 0.5) is 5.69 Å². The third-order valence-electron chi connectivity index (χ3n) is 7.16. The van der Waals surface area contributed by atoms with Gasteiger partial charge in [0.25, 0.3) is 5.91 Å². The fourth-order valence-corrected chi connectivity index (χ4v) is 5.61. The highest BCUT2D eigenvalue weighted by atomic mass is 35.5.